The van der Waals surface area contributed by atoms with Crippen LogP contribution in [0.5, 0.6) is 0 Å². The number of carbonyl (C=O) groups excluding carboxylic acids is 2. The molecule has 0 radical (unpaired) electrons. The number of aromatic nitrogens is 1. The number of hydrogen-bond acceptors (Lipinski definition) is 3. The molecule has 160 valence electrons. The van der Waals surface area contributed by atoms with E-state index in [-0.39, 0.29) is 27.0 Å². The van der Waals surface area contributed by atoms with Gasteiger partial charge in [-0.1, -0.05) is 29.3 Å². The highest BCUT2D eigenvalue weighted by atomic mass is 79.9. The molecule has 0 aliphatic rings. The Labute approximate surface area is 192 Å². The summed E-state index contributed by atoms with van der Waals surface area (Å²) in [6.45, 7) is 0. The topological polar surface area (TPSA) is 71.1 Å². The largest absolute Gasteiger partial charge is 0.416 e. The van der Waals surface area contributed by atoms with Crippen LogP contribution in [0.15, 0.2) is 59.2 Å². The van der Waals surface area contributed by atoms with Gasteiger partial charge in [0.25, 0.3) is 11.8 Å². The first kappa shape index (κ1) is 23.1. The molecule has 2 amide bonds. The van der Waals surface area contributed by atoms with Crippen LogP contribution in [-0.4, -0.2) is 16.8 Å². The molecular formula is C20H11BrCl2F3N3O2. The Bertz CT molecular complexity index is 1170. The van der Waals surface area contributed by atoms with E-state index in [0.717, 1.165) is 18.2 Å². The van der Waals surface area contributed by atoms with Crippen LogP contribution >= 0.6 is 39.1 Å². The van der Waals surface area contributed by atoms with Crippen molar-refractivity contribution in [3.63, 3.8) is 0 Å². The lowest BCUT2D eigenvalue weighted by Gasteiger charge is -2.11. The summed E-state index contributed by atoms with van der Waals surface area (Å²) in [6.07, 6.45) is -3.23. The van der Waals surface area contributed by atoms with E-state index in [0.29, 0.717) is 10.2 Å². The van der Waals surface area contributed by atoms with Crippen molar-refractivity contribution >= 4 is 62.3 Å². The van der Waals surface area contributed by atoms with Crippen molar-refractivity contribution in [2.75, 3.05) is 10.6 Å². The maximum Gasteiger partial charge on any atom is 0.416 e. The van der Waals surface area contributed by atoms with E-state index in [2.05, 4.69) is 31.5 Å². The second-order valence-corrected chi connectivity index (χ2v) is 7.80. The number of amides is 2. The first-order valence-corrected chi connectivity index (χ1v) is 10.00. The molecule has 1 aromatic heterocycles. The Morgan fingerprint density at radius 3 is 2.32 bits per heavy atom. The minimum absolute atomic E-state index is 0.0366. The number of nitrogens with zero attached hydrogens (tertiary/aromatic N) is 1. The quantitative estimate of drug-likeness (QED) is 0.368. The average molecular weight is 533 g/mol. The summed E-state index contributed by atoms with van der Waals surface area (Å²) in [6, 6.07) is 9.65. The van der Waals surface area contributed by atoms with Crippen LogP contribution < -0.4 is 10.6 Å². The Hall–Kier alpha value is -2.62. The standard InChI is InChI=1S/C20H11BrCl2F3N3O2/c21-15-8-13(9-27-17(15)23)29-19(31)14-7-12(4-5-16(14)22)28-18(30)10-2-1-3-11(6-10)20(24,25)26/h1-9H,(H,28,30)(H,29,31). The van der Waals surface area contributed by atoms with E-state index in [1.165, 1.54) is 30.5 Å². The van der Waals surface area contributed by atoms with E-state index >= 15 is 0 Å². The average Bonchev–Trinajstić information content (AvgIpc) is 2.71. The molecule has 2 aromatic carbocycles. The fourth-order valence-corrected chi connectivity index (χ4v) is 3.16. The smallest absolute Gasteiger partial charge is 0.322 e. The zero-order valence-electron chi connectivity index (χ0n) is 15.2. The number of anilines is 2. The van der Waals surface area contributed by atoms with Crippen molar-refractivity contribution in [1.29, 1.82) is 0 Å². The van der Waals surface area contributed by atoms with Gasteiger partial charge in [-0.05, 0) is 58.4 Å². The minimum Gasteiger partial charge on any atom is -0.322 e. The number of benzene rings is 2. The molecule has 0 atom stereocenters. The highest BCUT2D eigenvalue weighted by Gasteiger charge is 2.30. The lowest BCUT2D eigenvalue weighted by Crippen LogP contribution is -2.16. The van der Waals surface area contributed by atoms with Gasteiger partial charge in [-0.25, -0.2) is 4.98 Å². The van der Waals surface area contributed by atoms with Gasteiger partial charge >= 0.3 is 6.18 Å². The second kappa shape index (κ2) is 9.25. The number of hydrogen-bond donors (Lipinski definition) is 2. The van der Waals surface area contributed by atoms with Gasteiger partial charge in [-0.3, -0.25) is 9.59 Å². The molecule has 0 aliphatic heterocycles. The Balaban J connectivity index is 1.80. The van der Waals surface area contributed by atoms with E-state index in [1.807, 2.05) is 0 Å². The number of alkyl halides is 3. The Kier molecular flexibility index (Phi) is 6.88. The van der Waals surface area contributed by atoms with Gasteiger partial charge in [-0.15, -0.1) is 0 Å². The van der Waals surface area contributed by atoms with Gasteiger partial charge in [0.1, 0.15) is 5.15 Å². The van der Waals surface area contributed by atoms with Gasteiger partial charge in [0.2, 0.25) is 0 Å². The molecule has 1 heterocycles. The third-order valence-electron chi connectivity index (χ3n) is 3.98. The van der Waals surface area contributed by atoms with Crippen LogP contribution in [-0.2, 0) is 6.18 Å². The molecule has 0 unspecified atom stereocenters. The minimum atomic E-state index is -4.58. The fourth-order valence-electron chi connectivity index (χ4n) is 2.51. The monoisotopic (exact) mass is 531 g/mol. The van der Waals surface area contributed by atoms with Crippen molar-refractivity contribution in [3.05, 3.63) is 86.1 Å². The number of carbonyl (C=O) groups is 2. The van der Waals surface area contributed by atoms with Crippen molar-refractivity contribution in [1.82, 2.24) is 4.98 Å². The lowest BCUT2D eigenvalue weighted by molar-refractivity contribution is -0.137. The molecule has 5 nitrogen and oxygen atoms in total. The maximum atomic E-state index is 12.9. The summed E-state index contributed by atoms with van der Waals surface area (Å²) in [4.78, 5) is 28.9. The van der Waals surface area contributed by atoms with E-state index < -0.39 is 23.6 Å². The highest BCUT2D eigenvalue weighted by Crippen LogP contribution is 2.30. The van der Waals surface area contributed by atoms with Crippen LogP contribution in [0, 0.1) is 0 Å². The molecule has 0 spiro atoms. The van der Waals surface area contributed by atoms with Gasteiger partial charge in [0.05, 0.1) is 32.5 Å². The van der Waals surface area contributed by atoms with E-state index in [9.17, 15) is 22.8 Å². The molecule has 0 saturated carbocycles. The third-order valence-corrected chi connectivity index (χ3v) is 5.44. The molecule has 0 fully saturated rings. The normalized spacial score (nSPS) is 11.2. The van der Waals surface area contributed by atoms with Crippen LogP contribution in [0.1, 0.15) is 26.3 Å². The maximum absolute atomic E-state index is 12.9. The summed E-state index contributed by atoms with van der Waals surface area (Å²) in [5.74, 6) is -1.36. The zero-order valence-corrected chi connectivity index (χ0v) is 18.3. The van der Waals surface area contributed by atoms with E-state index in [1.54, 1.807) is 6.07 Å². The van der Waals surface area contributed by atoms with Gasteiger partial charge in [0.15, 0.2) is 0 Å². The highest BCUT2D eigenvalue weighted by molar-refractivity contribution is 9.10. The van der Waals surface area contributed by atoms with Crippen LogP contribution in [0.3, 0.4) is 0 Å². The van der Waals surface area contributed by atoms with Crippen molar-refractivity contribution in [2.45, 2.75) is 6.18 Å². The van der Waals surface area contributed by atoms with Gasteiger partial charge < -0.3 is 10.6 Å². The van der Waals surface area contributed by atoms with Crippen molar-refractivity contribution in [2.24, 2.45) is 0 Å². The van der Waals surface area contributed by atoms with Crippen LogP contribution in [0.4, 0.5) is 24.5 Å². The molecule has 2 N–H and O–H groups in total. The first-order chi connectivity index (χ1) is 14.5. The molecule has 31 heavy (non-hydrogen) atoms. The fraction of sp³-hybridized carbons (Fsp3) is 0.0500. The molecule has 3 rings (SSSR count). The zero-order chi connectivity index (χ0) is 22.8. The number of nitrogens with one attached hydrogen (secondary N) is 2. The van der Waals surface area contributed by atoms with Crippen molar-refractivity contribution in [3.8, 4) is 0 Å². The summed E-state index contributed by atoms with van der Waals surface area (Å²) in [5, 5.41) is 5.37. The second-order valence-electron chi connectivity index (χ2n) is 6.18. The van der Waals surface area contributed by atoms with Crippen molar-refractivity contribution < 1.29 is 22.8 Å². The Morgan fingerprint density at radius 1 is 0.935 bits per heavy atom. The van der Waals surface area contributed by atoms with Crippen LogP contribution in [0.2, 0.25) is 10.2 Å². The summed E-state index contributed by atoms with van der Waals surface area (Å²) in [5.41, 5.74) is -0.579. The summed E-state index contributed by atoms with van der Waals surface area (Å²) >= 11 is 15.1. The molecule has 0 aliphatic carbocycles. The SMILES string of the molecule is O=C(Nc1ccc(Cl)c(C(=O)Nc2cnc(Cl)c(Br)c2)c1)c1cccc(C(F)(F)F)c1. The number of halogens is 6. The molecule has 3 aromatic rings. The molecule has 0 bridgehead atoms. The summed E-state index contributed by atoms with van der Waals surface area (Å²) < 4.78 is 39.1. The van der Waals surface area contributed by atoms with E-state index in [4.69, 9.17) is 23.2 Å². The predicted octanol–water partition coefficient (Wildman–Crippen LogP) is 6.67. The van der Waals surface area contributed by atoms with Crippen LogP contribution in [0.25, 0.3) is 0 Å². The molecular weight excluding hydrogens is 522 g/mol. The van der Waals surface area contributed by atoms with Gasteiger partial charge in [0, 0.05) is 11.3 Å². The lowest BCUT2D eigenvalue weighted by atomic mass is 10.1. The molecule has 0 saturated heterocycles. The molecule has 11 heteroatoms. The predicted molar refractivity (Wildman–Crippen MR) is 116 cm³/mol. The number of rotatable bonds is 4. The number of pyridine rings is 1. The summed E-state index contributed by atoms with van der Waals surface area (Å²) in [7, 11) is 0. The first-order valence-electron chi connectivity index (χ1n) is 8.45. The van der Waals surface area contributed by atoms with Gasteiger partial charge in [-0.2, -0.15) is 13.2 Å². The Morgan fingerprint density at radius 2 is 1.65 bits per heavy atom. The third kappa shape index (κ3) is 5.75.